The Morgan fingerprint density at radius 1 is 0.941 bits per heavy atom. The van der Waals surface area contributed by atoms with E-state index in [2.05, 4.69) is 5.32 Å². The van der Waals surface area contributed by atoms with E-state index in [0.29, 0.717) is 32.1 Å². The van der Waals surface area contributed by atoms with E-state index >= 15 is 0 Å². The number of pyridine rings is 1. The molecule has 172 valence electrons. The molecule has 4 aromatic rings. The molecule has 0 aliphatic heterocycles. The number of nitrogens with zero attached hydrogens (tertiary/aromatic N) is 1. The molecule has 0 aliphatic rings. The van der Waals surface area contributed by atoms with Crippen molar-refractivity contribution in [1.82, 2.24) is 4.57 Å². The molecule has 8 heteroatoms. The van der Waals surface area contributed by atoms with Gasteiger partial charge in [-0.05, 0) is 42.1 Å². The van der Waals surface area contributed by atoms with Gasteiger partial charge in [-0.3, -0.25) is 9.59 Å². The molecule has 0 aliphatic carbocycles. The Hall–Kier alpha value is -3.61. The molecule has 0 fully saturated rings. The molecule has 0 saturated heterocycles. The molecule has 0 radical (unpaired) electrons. The van der Waals surface area contributed by atoms with Crippen LogP contribution in [0.25, 0.3) is 21.9 Å². The third-order valence-electron chi connectivity index (χ3n) is 5.32. The van der Waals surface area contributed by atoms with Crippen LogP contribution in [-0.2, 0) is 16.6 Å². The molecule has 1 aromatic heterocycles. The lowest BCUT2D eigenvalue weighted by Crippen LogP contribution is -2.28. The molecule has 1 N–H and O–H groups in total. The molecule has 0 atom stereocenters. The number of benzene rings is 3. The van der Waals surface area contributed by atoms with Gasteiger partial charge in [0.2, 0.25) is 0 Å². The predicted octanol–water partition coefficient (Wildman–Crippen LogP) is 5.62. The highest BCUT2D eigenvalue weighted by molar-refractivity contribution is 6.35. The molecule has 0 spiro atoms. The second-order valence-electron chi connectivity index (χ2n) is 7.78. The number of hydrogen-bond donors (Lipinski definition) is 1. The van der Waals surface area contributed by atoms with E-state index in [0.717, 1.165) is 11.1 Å². The minimum Gasteiger partial charge on any atom is -0.451 e. The number of nitrogens with one attached hydrogen (secondary N) is 1. The topological polar surface area (TPSA) is 77.4 Å². The van der Waals surface area contributed by atoms with Crippen molar-refractivity contribution >= 4 is 51.5 Å². The highest BCUT2D eigenvalue weighted by Crippen LogP contribution is 2.31. The van der Waals surface area contributed by atoms with Crippen LogP contribution < -0.4 is 10.9 Å². The number of rotatable bonds is 5. The molecule has 1 amide bonds. The molecule has 0 unspecified atom stereocenters. The molecule has 0 saturated carbocycles. The van der Waals surface area contributed by atoms with Crippen molar-refractivity contribution < 1.29 is 14.3 Å². The first-order valence-corrected chi connectivity index (χ1v) is 11.1. The molecule has 34 heavy (non-hydrogen) atoms. The SMILES string of the molecule is Cc1ccc(-c2c(C(=O)OCC(=O)Nc3cc(Cl)cc(Cl)c3)n(C)c(=O)c3ccccc23)cc1. The summed E-state index contributed by atoms with van der Waals surface area (Å²) in [4.78, 5) is 38.6. The van der Waals surface area contributed by atoms with Gasteiger partial charge in [-0.25, -0.2) is 4.79 Å². The van der Waals surface area contributed by atoms with E-state index in [-0.39, 0.29) is 11.3 Å². The van der Waals surface area contributed by atoms with E-state index in [9.17, 15) is 14.4 Å². The van der Waals surface area contributed by atoms with Crippen LogP contribution >= 0.6 is 23.2 Å². The Kier molecular flexibility index (Phi) is 6.72. The second-order valence-corrected chi connectivity index (χ2v) is 8.65. The van der Waals surface area contributed by atoms with E-state index in [1.54, 1.807) is 24.3 Å². The van der Waals surface area contributed by atoms with Crippen molar-refractivity contribution in [2.75, 3.05) is 11.9 Å². The zero-order valence-electron chi connectivity index (χ0n) is 18.4. The number of anilines is 1. The van der Waals surface area contributed by atoms with Crippen molar-refractivity contribution in [3.63, 3.8) is 0 Å². The third-order valence-corrected chi connectivity index (χ3v) is 5.75. The lowest BCUT2D eigenvalue weighted by atomic mass is 9.96. The zero-order valence-corrected chi connectivity index (χ0v) is 19.9. The summed E-state index contributed by atoms with van der Waals surface area (Å²) in [5.41, 5.74) is 2.46. The maximum Gasteiger partial charge on any atom is 0.356 e. The van der Waals surface area contributed by atoms with E-state index in [1.807, 2.05) is 31.2 Å². The number of halogens is 2. The van der Waals surface area contributed by atoms with Crippen LogP contribution in [-0.4, -0.2) is 23.1 Å². The number of aromatic nitrogens is 1. The first-order valence-electron chi connectivity index (χ1n) is 10.4. The van der Waals surface area contributed by atoms with Crippen LogP contribution in [0.4, 0.5) is 5.69 Å². The van der Waals surface area contributed by atoms with Gasteiger partial charge < -0.3 is 14.6 Å². The zero-order chi connectivity index (χ0) is 24.4. The summed E-state index contributed by atoms with van der Waals surface area (Å²) >= 11 is 11.9. The lowest BCUT2D eigenvalue weighted by Gasteiger charge is -2.17. The summed E-state index contributed by atoms with van der Waals surface area (Å²) in [5, 5.41) is 4.40. The summed E-state index contributed by atoms with van der Waals surface area (Å²) < 4.78 is 6.57. The Morgan fingerprint density at radius 2 is 1.56 bits per heavy atom. The number of esters is 1. The number of hydrogen-bond acceptors (Lipinski definition) is 4. The van der Waals surface area contributed by atoms with E-state index in [1.165, 1.54) is 29.8 Å². The van der Waals surface area contributed by atoms with Crippen molar-refractivity contribution in [1.29, 1.82) is 0 Å². The minimum absolute atomic E-state index is 0.0613. The van der Waals surface area contributed by atoms with Crippen molar-refractivity contribution in [2.45, 2.75) is 6.92 Å². The summed E-state index contributed by atoms with van der Waals surface area (Å²) in [7, 11) is 1.51. The van der Waals surface area contributed by atoms with Gasteiger partial charge in [0.05, 0.1) is 0 Å². The first kappa shape index (κ1) is 23.5. The highest BCUT2D eigenvalue weighted by Gasteiger charge is 2.23. The minimum atomic E-state index is -0.791. The Balaban J connectivity index is 1.69. The van der Waals surface area contributed by atoms with Gasteiger partial charge in [-0.2, -0.15) is 0 Å². The average molecular weight is 495 g/mol. The number of carbonyl (C=O) groups is 2. The van der Waals surface area contributed by atoms with Crippen molar-refractivity contribution in [3.8, 4) is 11.1 Å². The first-order chi connectivity index (χ1) is 16.2. The van der Waals surface area contributed by atoms with Crippen molar-refractivity contribution in [2.24, 2.45) is 7.05 Å². The summed E-state index contributed by atoms with van der Waals surface area (Å²) in [6, 6.07) is 19.3. The van der Waals surface area contributed by atoms with Gasteiger partial charge in [0.25, 0.3) is 11.5 Å². The van der Waals surface area contributed by atoms with Gasteiger partial charge in [0.1, 0.15) is 5.69 Å². The molecular formula is C26H20Cl2N2O4. The smallest absolute Gasteiger partial charge is 0.356 e. The number of fused-ring (bicyclic) bond motifs is 1. The van der Waals surface area contributed by atoms with Crippen LogP contribution in [0.5, 0.6) is 0 Å². The van der Waals surface area contributed by atoms with Crippen LogP contribution in [0.2, 0.25) is 10.0 Å². The molecule has 3 aromatic carbocycles. The number of aryl methyl sites for hydroxylation is 1. The van der Waals surface area contributed by atoms with Gasteiger partial charge in [-0.1, -0.05) is 71.2 Å². The molecular weight excluding hydrogens is 475 g/mol. The van der Waals surface area contributed by atoms with Crippen LogP contribution in [0.1, 0.15) is 16.1 Å². The number of carbonyl (C=O) groups excluding carboxylic acids is 2. The van der Waals surface area contributed by atoms with Crippen LogP contribution in [0.15, 0.2) is 71.5 Å². The van der Waals surface area contributed by atoms with Gasteiger partial charge in [0, 0.05) is 33.7 Å². The maximum atomic E-state index is 13.2. The number of amides is 1. The van der Waals surface area contributed by atoms with Gasteiger partial charge >= 0.3 is 5.97 Å². The van der Waals surface area contributed by atoms with Crippen LogP contribution in [0, 0.1) is 6.92 Å². The quantitative estimate of drug-likeness (QED) is 0.365. The normalized spacial score (nSPS) is 10.8. The maximum absolute atomic E-state index is 13.2. The van der Waals surface area contributed by atoms with Gasteiger partial charge in [-0.15, -0.1) is 0 Å². The molecule has 1 heterocycles. The fourth-order valence-corrected chi connectivity index (χ4v) is 4.27. The monoisotopic (exact) mass is 494 g/mol. The highest BCUT2D eigenvalue weighted by atomic mass is 35.5. The fourth-order valence-electron chi connectivity index (χ4n) is 3.74. The standard InChI is InChI=1S/C26H20Cl2N2O4/c1-15-7-9-16(10-8-15)23-20-5-3-4-6-21(20)25(32)30(2)24(23)26(33)34-14-22(31)29-19-12-17(27)11-18(28)13-19/h3-13H,14H2,1-2H3,(H,29,31). The Morgan fingerprint density at radius 3 is 2.21 bits per heavy atom. The molecule has 0 bridgehead atoms. The Labute approximate surface area is 205 Å². The second kappa shape index (κ2) is 9.71. The summed E-state index contributed by atoms with van der Waals surface area (Å²) in [6.07, 6.45) is 0. The van der Waals surface area contributed by atoms with Gasteiger partial charge in [0.15, 0.2) is 6.61 Å². The summed E-state index contributed by atoms with van der Waals surface area (Å²) in [6.45, 7) is 1.40. The largest absolute Gasteiger partial charge is 0.451 e. The van der Waals surface area contributed by atoms with E-state index < -0.39 is 18.5 Å². The van der Waals surface area contributed by atoms with E-state index in [4.69, 9.17) is 27.9 Å². The Bertz CT molecular complexity index is 1460. The average Bonchev–Trinajstić information content (AvgIpc) is 2.80. The number of ether oxygens (including phenoxy) is 1. The summed E-state index contributed by atoms with van der Waals surface area (Å²) in [5.74, 6) is -1.37. The fraction of sp³-hybridized carbons (Fsp3) is 0.115. The third kappa shape index (κ3) is 4.83. The molecule has 4 rings (SSSR count). The lowest BCUT2D eigenvalue weighted by molar-refractivity contribution is -0.119. The predicted molar refractivity (Wildman–Crippen MR) is 135 cm³/mol. The van der Waals surface area contributed by atoms with Crippen LogP contribution in [0.3, 0.4) is 0 Å². The van der Waals surface area contributed by atoms with Crippen molar-refractivity contribution in [3.05, 3.63) is 98.4 Å². The molecule has 6 nitrogen and oxygen atoms in total.